The largest absolute Gasteiger partial charge is 0.387 e. The summed E-state index contributed by atoms with van der Waals surface area (Å²) in [6, 6.07) is 93.6. The number of ether oxygens (including phenoxy) is 3. The minimum Gasteiger partial charge on any atom is -0.387 e. The van der Waals surface area contributed by atoms with Gasteiger partial charge in [-0.2, -0.15) is 0 Å². The average molecular weight is 875 g/mol. The Morgan fingerprint density at radius 1 is 0.328 bits per heavy atom. The van der Waals surface area contributed by atoms with Gasteiger partial charge in [-0.3, -0.25) is 0 Å². The molecule has 1 aliphatic rings. The summed E-state index contributed by atoms with van der Waals surface area (Å²) < 4.78 is 22.9. The van der Waals surface area contributed by atoms with E-state index in [2.05, 4.69) is 182 Å². The van der Waals surface area contributed by atoms with Gasteiger partial charge in [-0.25, -0.2) is 0 Å². The van der Waals surface area contributed by atoms with Crippen LogP contribution in [0.3, 0.4) is 0 Å². The van der Waals surface area contributed by atoms with E-state index in [-0.39, 0.29) is 13.2 Å². The fraction of sp³-hybridized carbons (Fsp3) is 0.143. The first-order chi connectivity index (χ1) is 33.1. The Balaban J connectivity index is 1.13. The van der Waals surface area contributed by atoms with Crippen molar-refractivity contribution in [3.8, 4) is 0 Å². The first-order valence-corrected chi connectivity index (χ1v) is 23.2. The van der Waals surface area contributed by atoms with Crippen molar-refractivity contribution in [3.63, 3.8) is 0 Å². The molecular weight excluding hydrogens is 821 g/mol. The van der Waals surface area contributed by atoms with E-state index in [0.717, 1.165) is 50.1 Å². The van der Waals surface area contributed by atoms with Crippen LogP contribution in [-0.2, 0) is 31.0 Å². The van der Waals surface area contributed by atoms with Gasteiger partial charge in [-0.05, 0) is 50.1 Å². The Morgan fingerprint density at radius 3 is 0.806 bits per heavy atom. The molecule has 9 aromatic rings. The summed E-state index contributed by atoms with van der Waals surface area (Å²) in [5.41, 5.74) is 4.25. The maximum atomic E-state index is 13.6. The van der Waals surface area contributed by atoms with Gasteiger partial charge in [0.25, 0.3) is 0 Å². The molecule has 4 heteroatoms. The molecule has 1 aliphatic carbocycles. The molecule has 10 rings (SSSR count). The molecule has 0 bridgehead atoms. The summed E-state index contributed by atoms with van der Waals surface area (Å²) in [7, 11) is 0. The van der Waals surface area contributed by atoms with Gasteiger partial charge < -0.3 is 19.3 Å². The van der Waals surface area contributed by atoms with E-state index < -0.39 is 34.4 Å². The molecule has 1 fully saturated rings. The van der Waals surface area contributed by atoms with Crippen LogP contribution in [0.5, 0.6) is 0 Å². The summed E-state index contributed by atoms with van der Waals surface area (Å²) in [6.07, 6.45) is -0.201. The van der Waals surface area contributed by atoms with Crippen LogP contribution in [0.4, 0.5) is 0 Å². The lowest BCUT2D eigenvalue weighted by Crippen LogP contribution is -2.65. The second-order valence-corrected chi connectivity index (χ2v) is 17.5. The van der Waals surface area contributed by atoms with Gasteiger partial charge in [0.15, 0.2) is 0 Å². The Labute approximate surface area is 394 Å². The molecule has 67 heavy (non-hydrogen) atoms. The summed E-state index contributed by atoms with van der Waals surface area (Å²) in [6.45, 7) is 0.121. The van der Waals surface area contributed by atoms with Crippen molar-refractivity contribution < 1.29 is 19.3 Å². The zero-order valence-electron chi connectivity index (χ0n) is 37.4. The molecule has 0 aromatic heterocycles. The third-order valence-electron chi connectivity index (χ3n) is 13.7. The summed E-state index contributed by atoms with van der Waals surface area (Å²) in [5.74, 6) is -0.571. The van der Waals surface area contributed by atoms with Gasteiger partial charge in [-0.1, -0.05) is 273 Å². The first-order valence-electron chi connectivity index (χ1n) is 23.2. The summed E-state index contributed by atoms with van der Waals surface area (Å²) in [5, 5.41) is 13.6. The lowest BCUT2D eigenvalue weighted by Gasteiger charge is -2.55. The highest BCUT2D eigenvalue weighted by Crippen LogP contribution is 2.52. The molecule has 0 aliphatic heterocycles. The van der Waals surface area contributed by atoms with Crippen molar-refractivity contribution in [2.75, 3.05) is 13.2 Å². The molecule has 0 spiro atoms. The smallest absolute Gasteiger partial charge is 0.144 e. The van der Waals surface area contributed by atoms with Crippen molar-refractivity contribution in [1.82, 2.24) is 0 Å². The molecule has 0 saturated heterocycles. The maximum Gasteiger partial charge on any atom is 0.144 e. The number of hydrogen-bond acceptors (Lipinski definition) is 4. The number of rotatable bonds is 17. The van der Waals surface area contributed by atoms with Crippen LogP contribution in [0, 0.1) is 5.92 Å². The molecular formula is C63H54O4. The zero-order chi connectivity index (χ0) is 45.4. The van der Waals surface area contributed by atoms with Crippen molar-refractivity contribution in [2.45, 2.75) is 34.9 Å². The number of aliphatic hydroxyl groups is 1. The van der Waals surface area contributed by atoms with E-state index in [1.54, 1.807) is 0 Å². The first kappa shape index (κ1) is 43.7. The van der Waals surface area contributed by atoms with E-state index in [9.17, 15) is 5.11 Å². The average Bonchev–Trinajstić information content (AvgIpc) is 3.41. The quantitative estimate of drug-likeness (QED) is 0.0926. The van der Waals surface area contributed by atoms with E-state index in [0.29, 0.717) is 6.42 Å². The minimum atomic E-state index is -1.40. The van der Waals surface area contributed by atoms with Gasteiger partial charge in [0.05, 0.1) is 24.9 Å². The molecule has 4 nitrogen and oxygen atoms in total. The highest BCUT2D eigenvalue weighted by atomic mass is 16.5. The normalized spacial score (nSPS) is 17.3. The zero-order valence-corrected chi connectivity index (χ0v) is 37.4. The number of hydrogen-bond donors (Lipinski definition) is 1. The van der Waals surface area contributed by atoms with Crippen molar-refractivity contribution >= 4 is 0 Å². The Kier molecular flexibility index (Phi) is 12.6. The highest BCUT2D eigenvalue weighted by Gasteiger charge is 2.59. The molecule has 0 amide bonds. The highest BCUT2D eigenvalue weighted by molar-refractivity contribution is 5.51. The maximum absolute atomic E-state index is 13.6. The van der Waals surface area contributed by atoms with Gasteiger partial charge >= 0.3 is 0 Å². The van der Waals surface area contributed by atoms with Gasteiger partial charge in [0.1, 0.15) is 16.8 Å². The lowest BCUT2D eigenvalue weighted by molar-refractivity contribution is -0.263. The van der Waals surface area contributed by atoms with E-state index in [1.165, 1.54) is 0 Å². The van der Waals surface area contributed by atoms with Crippen molar-refractivity contribution in [1.29, 1.82) is 0 Å². The molecule has 1 saturated carbocycles. The molecule has 9 aromatic carbocycles. The van der Waals surface area contributed by atoms with Crippen LogP contribution in [0.15, 0.2) is 273 Å². The molecule has 0 unspecified atom stereocenters. The Hall–Kier alpha value is -7.18. The predicted octanol–water partition coefficient (Wildman–Crippen LogP) is 13.1. The molecule has 0 radical (unpaired) electrons. The summed E-state index contributed by atoms with van der Waals surface area (Å²) >= 11 is 0. The second kappa shape index (κ2) is 19.3. The van der Waals surface area contributed by atoms with E-state index in [1.807, 2.05) is 91.0 Å². The molecule has 1 N–H and O–H groups in total. The Bertz CT molecular complexity index is 2610. The van der Waals surface area contributed by atoms with Crippen LogP contribution in [0.1, 0.15) is 56.5 Å². The topological polar surface area (TPSA) is 47.9 Å². The van der Waals surface area contributed by atoms with Crippen LogP contribution >= 0.6 is 0 Å². The third kappa shape index (κ3) is 8.24. The third-order valence-corrected chi connectivity index (χ3v) is 13.7. The van der Waals surface area contributed by atoms with Crippen LogP contribution in [-0.4, -0.2) is 30.0 Å². The fourth-order valence-corrected chi connectivity index (χ4v) is 10.3. The van der Waals surface area contributed by atoms with Crippen molar-refractivity contribution in [2.24, 2.45) is 5.92 Å². The number of benzene rings is 9. The molecule has 3 atom stereocenters. The second-order valence-electron chi connectivity index (χ2n) is 17.5. The minimum absolute atomic E-state index is 0.0103. The van der Waals surface area contributed by atoms with Crippen LogP contribution in [0.25, 0.3) is 0 Å². The van der Waals surface area contributed by atoms with Gasteiger partial charge in [0, 0.05) is 12.3 Å². The van der Waals surface area contributed by atoms with Crippen LogP contribution in [0.2, 0.25) is 0 Å². The monoisotopic (exact) mass is 874 g/mol. The lowest BCUT2D eigenvalue weighted by atomic mass is 9.66. The van der Waals surface area contributed by atoms with Crippen LogP contribution < -0.4 is 0 Å². The SMILES string of the molecule is O[C@@]1(COC(c2ccccc2)(c2ccccc2)c2ccccc2)C[C@H](OC(c2ccccc2)(c2ccccc2)c2ccccc2)[C@@H]1COC(c1ccccc1)(c1ccccc1)c1ccccc1. The molecule has 330 valence electrons. The summed E-state index contributed by atoms with van der Waals surface area (Å²) in [4.78, 5) is 0. The standard InChI is InChI=1S/C63H54O4/c64-60(48-66-62(52-34-16-4-17-35-52,53-36-18-5-19-37-53)54-38-20-6-21-39-54)46-59(67-63(55-40-22-7-23-41-55,56-42-24-8-25-43-56)57-44-26-9-27-45-57)58(60)47-65-61(49-28-10-1-11-29-49,50-30-12-2-13-31-50)51-32-14-3-15-33-51/h1-45,58-59,64H,46-48H2/t58-,59-,60+/m0/s1. The van der Waals surface area contributed by atoms with E-state index in [4.69, 9.17) is 14.2 Å². The van der Waals surface area contributed by atoms with Gasteiger partial charge in [-0.15, -0.1) is 0 Å². The molecule has 0 heterocycles. The van der Waals surface area contributed by atoms with E-state index >= 15 is 0 Å². The Morgan fingerprint density at radius 2 is 0.552 bits per heavy atom. The van der Waals surface area contributed by atoms with Gasteiger partial charge in [0.2, 0.25) is 0 Å². The van der Waals surface area contributed by atoms with Crippen molar-refractivity contribution in [3.05, 3.63) is 323 Å². The predicted molar refractivity (Wildman–Crippen MR) is 267 cm³/mol. The fourth-order valence-electron chi connectivity index (χ4n) is 10.3.